The van der Waals surface area contributed by atoms with Crippen LogP contribution in [0, 0.1) is 0 Å². The molecule has 0 aromatic heterocycles. The lowest BCUT2D eigenvalue weighted by Gasteiger charge is -2.30. The van der Waals surface area contributed by atoms with Crippen molar-refractivity contribution in [3.8, 4) is 5.75 Å². The number of hydrogen-bond acceptors (Lipinski definition) is 7. The molecule has 0 saturated carbocycles. The normalized spacial score (nSPS) is 17.8. The van der Waals surface area contributed by atoms with Gasteiger partial charge in [-0.3, -0.25) is 14.5 Å². The van der Waals surface area contributed by atoms with Crippen LogP contribution < -0.4 is 15.0 Å². The van der Waals surface area contributed by atoms with Crippen molar-refractivity contribution >= 4 is 27.5 Å². The third-order valence-corrected chi connectivity index (χ3v) is 6.56. The number of fused-ring (bicyclic) bond motifs is 1. The number of carbonyl (C=O) groups is 2. The standard InChI is InChI=1S/C18H26N4O6S/c1-20(2)6-5-19-17(23)12-22-15-11-14(3-4-16(15)28-13-18(22)24)29(25,26)21-7-9-27-10-8-21/h3-4,11H,5-10,12-13H2,1-2H3,(H,19,23). The first-order chi connectivity index (χ1) is 13.8. The number of benzene rings is 1. The number of ether oxygens (including phenoxy) is 2. The molecule has 1 N–H and O–H groups in total. The summed E-state index contributed by atoms with van der Waals surface area (Å²) in [6, 6.07) is 4.37. The molecule has 1 saturated heterocycles. The van der Waals surface area contributed by atoms with Crippen molar-refractivity contribution < 1.29 is 27.5 Å². The molecule has 2 amide bonds. The van der Waals surface area contributed by atoms with Crippen molar-refractivity contribution in [2.75, 3.05) is 71.5 Å². The summed E-state index contributed by atoms with van der Waals surface area (Å²) in [6.07, 6.45) is 0. The Morgan fingerprint density at radius 3 is 2.66 bits per heavy atom. The molecule has 0 aliphatic carbocycles. The van der Waals surface area contributed by atoms with E-state index in [1.54, 1.807) is 0 Å². The third kappa shape index (κ3) is 5.04. The van der Waals surface area contributed by atoms with Crippen LogP contribution in [-0.4, -0.2) is 96.1 Å². The van der Waals surface area contributed by atoms with Crippen LogP contribution in [-0.2, 0) is 24.3 Å². The molecule has 3 rings (SSSR count). The van der Waals surface area contributed by atoms with Gasteiger partial charge in [-0.2, -0.15) is 4.31 Å². The number of anilines is 1. The fraction of sp³-hybridized carbons (Fsp3) is 0.556. The van der Waals surface area contributed by atoms with Gasteiger partial charge in [0.2, 0.25) is 15.9 Å². The molecule has 2 aliphatic rings. The highest BCUT2D eigenvalue weighted by Gasteiger charge is 2.31. The Bertz CT molecular complexity index is 867. The fourth-order valence-electron chi connectivity index (χ4n) is 3.07. The van der Waals surface area contributed by atoms with E-state index in [-0.39, 0.29) is 42.7 Å². The number of amides is 2. The average molecular weight is 426 g/mol. The molecule has 0 atom stereocenters. The minimum absolute atomic E-state index is 0.0504. The maximum Gasteiger partial charge on any atom is 0.265 e. The molecule has 10 nitrogen and oxygen atoms in total. The van der Waals surface area contributed by atoms with Gasteiger partial charge < -0.3 is 19.7 Å². The van der Waals surface area contributed by atoms with E-state index in [1.807, 2.05) is 19.0 Å². The summed E-state index contributed by atoms with van der Waals surface area (Å²) in [7, 11) is 0.0515. The summed E-state index contributed by atoms with van der Waals surface area (Å²) < 4.78 is 37.8. The van der Waals surface area contributed by atoms with E-state index in [4.69, 9.17) is 9.47 Å². The topological polar surface area (TPSA) is 108 Å². The van der Waals surface area contributed by atoms with Crippen LogP contribution in [0.3, 0.4) is 0 Å². The van der Waals surface area contributed by atoms with Gasteiger partial charge in [-0.15, -0.1) is 0 Å². The number of rotatable bonds is 7. The van der Waals surface area contributed by atoms with Crippen molar-refractivity contribution in [2.45, 2.75) is 4.90 Å². The minimum atomic E-state index is -3.73. The Morgan fingerprint density at radius 2 is 1.97 bits per heavy atom. The molecule has 11 heteroatoms. The maximum atomic E-state index is 12.9. The van der Waals surface area contributed by atoms with Gasteiger partial charge >= 0.3 is 0 Å². The SMILES string of the molecule is CN(C)CCNC(=O)CN1C(=O)COc2ccc(S(=O)(=O)N3CCOCC3)cc21. The van der Waals surface area contributed by atoms with Crippen LogP contribution in [0.15, 0.2) is 23.1 Å². The summed E-state index contributed by atoms with van der Waals surface area (Å²) in [6.45, 7) is 1.93. The van der Waals surface area contributed by atoms with E-state index in [0.717, 1.165) is 0 Å². The van der Waals surface area contributed by atoms with Gasteiger partial charge in [0.25, 0.3) is 5.91 Å². The van der Waals surface area contributed by atoms with Crippen LogP contribution in [0.1, 0.15) is 0 Å². The van der Waals surface area contributed by atoms with Gasteiger partial charge in [0.05, 0.1) is 23.8 Å². The zero-order valence-electron chi connectivity index (χ0n) is 16.6. The highest BCUT2D eigenvalue weighted by atomic mass is 32.2. The first-order valence-electron chi connectivity index (χ1n) is 9.35. The predicted octanol–water partition coefficient (Wildman–Crippen LogP) is -0.889. The minimum Gasteiger partial charge on any atom is -0.482 e. The average Bonchev–Trinajstić information content (AvgIpc) is 2.70. The molecule has 2 aliphatic heterocycles. The van der Waals surface area contributed by atoms with E-state index >= 15 is 0 Å². The predicted molar refractivity (Wildman–Crippen MR) is 105 cm³/mol. The van der Waals surface area contributed by atoms with Crippen LogP contribution in [0.25, 0.3) is 0 Å². The largest absolute Gasteiger partial charge is 0.482 e. The first-order valence-corrected chi connectivity index (χ1v) is 10.8. The molecule has 1 aromatic carbocycles. The molecule has 0 unspecified atom stereocenters. The maximum absolute atomic E-state index is 12.9. The Kier molecular flexibility index (Phi) is 6.73. The number of nitrogens with zero attached hydrogens (tertiary/aromatic N) is 3. The number of nitrogens with one attached hydrogen (secondary N) is 1. The van der Waals surface area contributed by atoms with Crippen molar-refractivity contribution in [3.63, 3.8) is 0 Å². The van der Waals surface area contributed by atoms with Gasteiger partial charge in [-0.25, -0.2) is 8.42 Å². The van der Waals surface area contributed by atoms with E-state index in [2.05, 4.69) is 5.32 Å². The van der Waals surface area contributed by atoms with Gasteiger partial charge in [-0.05, 0) is 32.3 Å². The lowest BCUT2D eigenvalue weighted by atomic mass is 10.2. The van der Waals surface area contributed by atoms with Gasteiger partial charge in [0.15, 0.2) is 6.61 Å². The second kappa shape index (κ2) is 9.08. The highest BCUT2D eigenvalue weighted by Crippen LogP contribution is 2.35. The summed E-state index contributed by atoms with van der Waals surface area (Å²) >= 11 is 0. The Morgan fingerprint density at radius 1 is 1.24 bits per heavy atom. The molecule has 29 heavy (non-hydrogen) atoms. The molecular formula is C18H26N4O6S. The van der Waals surface area contributed by atoms with Crippen LogP contribution >= 0.6 is 0 Å². The fourth-order valence-corrected chi connectivity index (χ4v) is 4.50. The molecule has 2 heterocycles. The molecule has 0 radical (unpaired) electrons. The molecular weight excluding hydrogens is 400 g/mol. The smallest absolute Gasteiger partial charge is 0.265 e. The van der Waals surface area contributed by atoms with Crippen molar-refractivity contribution in [1.82, 2.24) is 14.5 Å². The second-order valence-corrected chi connectivity index (χ2v) is 9.01. The monoisotopic (exact) mass is 426 g/mol. The number of hydrogen-bond donors (Lipinski definition) is 1. The Hall–Kier alpha value is -2.21. The van der Waals surface area contributed by atoms with Crippen molar-refractivity contribution in [2.24, 2.45) is 0 Å². The highest BCUT2D eigenvalue weighted by molar-refractivity contribution is 7.89. The lowest BCUT2D eigenvalue weighted by molar-refractivity contribution is -0.125. The molecule has 1 fully saturated rings. The molecule has 160 valence electrons. The van der Waals surface area contributed by atoms with E-state index in [9.17, 15) is 18.0 Å². The van der Waals surface area contributed by atoms with Crippen molar-refractivity contribution in [1.29, 1.82) is 0 Å². The lowest BCUT2D eigenvalue weighted by Crippen LogP contribution is -2.46. The Labute approximate surface area is 170 Å². The van der Waals surface area contributed by atoms with Crippen LogP contribution in [0.4, 0.5) is 5.69 Å². The summed E-state index contributed by atoms with van der Waals surface area (Å²) in [5.41, 5.74) is 0.276. The molecule has 0 spiro atoms. The molecule has 1 aromatic rings. The quantitative estimate of drug-likeness (QED) is 0.603. The van der Waals surface area contributed by atoms with E-state index in [0.29, 0.717) is 32.1 Å². The van der Waals surface area contributed by atoms with Crippen molar-refractivity contribution in [3.05, 3.63) is 18.2 Å². The van der Waals surface area contributed by atoms with Gasteiger partial charge in [0.1, 0.15) is 12.3 Å². The summed E-state index contributed by atoms with van der Waals surface area (Å²) in [5.74, 6) is -0.359. The third-order valence-electron chi connectivity index (χ3n) is 4.66. The zero-order chi connectivity index (χ0) is 21.0. The second-order valence-electron chi connectivity index (χ2n) is 7.07. The molecule has 0 bridgehead atoms. The van der Waals surface area contributed by atoms with Gasteiger partial charge in [0, 0.05) is 26.2 Å². The van der Waals surface area contributed by atoms with E-state index in [1.165, 1.54) is 27.4 Å². The number of sulfonamides is 1. The van der Waals surface area contributed by atoms with Crippen LogP contribution in [0.2, 0.25) is 0 Å². The van der Waals surface area contributed by atoms with Crippen LogP contribution in [0.5, 0.6) is 5.75 Å². The number of likely N-dealkylation sites (N-methyl/N-ethyl adjacent to an activating group) is 1. The van der Waals surface area contributed by atoms with Gasteiger partial charge in [-0.1, -0.05) is 0 Å². The number of morpholine rings is 1. The Balaban J connectivity index is 1.81. The summed E-state index contributed by atoms with van der Waals surface area (Å²) in [4.78, 5) is 27.9. The summed E-state index contributed by atoms with van der Waals surface area (Å²) in [5, 5.41) is 2.75. The van der Waals surface area contributed by atoms with E-state index < -0.39 is 15.9 Å². The first kappa shape index (κ1) is 21.5. The zero-order valence-corrected chi connectivity index (χ0v) is 17.4. The number of carbonyl (C=O) groups excluding carboxylic acids is 2.